The van der Waals surface area contributed by atoms with Crippen LogP contribution in [0, 0.1) is 10.8 Å². The van der Waals surface area contributed by atoms with E-state index in [1.54, 1.807) is 18.2 Å². The topological polar surface area (TPSA) is 116 Å². The van der Waals surface area contributed by atoms with Gasteiger partial charge in [-0.25, -0.2) is 0 Å². The number of aliphatic carboxylic acids is 1. The standard InChI is InChI=1S/C27H39NO6/c1-26(11-5-3-6-12-26)17-23(29)33-21-10-9-19(15-20(28)25(31)32)16-22(21)34-24(30)18-27(2)13-7-4-8-14-27/h9-10,16,20H,3-8,11-15,17-18,28H2,1-2H3,(H,31,32). The lowest BCUT2D eigenvalue weighted by molar-refractivity contribution is -0.140. The van der Waals surface area contributed by atoms with Crippen LogP contribution in [-0.2, 0) is 20.8 Å². The van der Waals surface area contributed by atoms with Gasteiger partial charge < -0.3 is 20.3 Å². The Labute approximate surface area is 202 Å². The van der Waals surface area contributed by atoms with Gasteiger partial charge in [-0.1, -0.05) is 58.4 Å². The van der Waals surface area contributed by atoms with Crippen LogP contribution in [0.25, 0.3) is 0 Å². The second-order valence-corrected chi connectivity index (χ2v) is 11.0. The van der Waals surface area contributed by atoms with Gasteiger partial charge in [0.05, 0.1) is 12.8 Å². The minimum Gasteiger partial charge on any atom is -0.480 e. The van der Waals surface area contributed by atoms with Crippen molar-refractivity contribution >= 4 is 17.9 Å². The zero-order valence-corrected chi connectivity index (χ0v) is 20.6. The van der Waals surface area contributed by atoms with Crippen molar-refractivity contribution in [2.45, 2.75) is 103 Å². The minimum absolute atomic E-state index is 0.0733. The molecule has 1 unspecified atom stereocenters. The molecule has 3 N–H and O–H groups in total. The van der Waals surface area contributed by atoms with Crippen molar-refractivity contribution < 1.29 is 29.0 Å². The molecule has 0 saturated heterocycles. The van der Waals surface area contributed by atoms with Crippen molar-refractivity contribution in [2.75, 3.05) is 0 Å². The fourth-order valence-electron chi connectivity index (χ4n) is 5.36. The number of ether oxygens (including phenoxy) is 2. The van der Waals surface area contributed by atoms with Crippen LogP contribution < -0.4 is 15.2 Å². The van der Waals surface area contributed by atoms with Gasteiger partial charge in [-0.3, -0.25) is 14.4 Å². The van der Waals surface area contributed by atoms with E-state index in [4.69, 9.17) is 20.3 Å². The summed E-state index contributed by atoms with van der Waals surface area (Å²) in [5.74, 6) is -1.52. The van der Waals surface area contributed by atoms with Gasteiger partial charge in [0.15, 0.2) is 11.5 Å². The van der Waals surface area contributed by atoms with Crippen LogP contribution in [0.5, 0.6) is 11.5 Å². The number of hydrogen-bond donors (Lipinski definition) is 2. The molecule has 0 bridgehead atoms. The maximum atomic E-state index is 12.9. The normalized spacial score (nSPS) is 20.2. The highest BCUT2D eigenvalue weighted by Gasteiger charge is 2.32. The van der Waals surface area contributed by atoms with E-state index in [9.17, 15) is 14.4 Å². The highest BCUT2D eigenvalue weighted by molar-refractivity contribution is 5.77. The molecule has 34 heavy (non-hydrogen) atoms. The highest BCUT2D eigenvalue weighted by Crippen LogP contribution is 2.41. The first-order chi connectivity index (χ1) is 16.1. The van der Waals surface area contributed by atoms with Crippen LogP contribution in [0.4, 0.5) is 0 Å². The molecule has 0 aliphatic heterocycles. The molecule has 0 amide bonds. The second kappa shape index (κ2) is 11.3. The third kappa shape index (κ3) is 7.55. The molecule has 7 nitrogen and oxygen atoms in total. The summed E-state index contributed by atoms with van der Waals surface area (Å²) >= 11 is 0. The Balaban J connectivity index is 1.74. The molecule has 1 aromatic rings. The summed E-state index contributed by atoms with van der Waals surface area (Å²) in [6.07, 6.45) is 11.5. The van der Waals surface area contributed by atoms with E-state index in [1.807, 2.05) is 0 Å². The molecular weight excluding hydrogens is 434 g/mol. The van der Waals surface area contributed by atoms with Gasteiger partial charge in [0.25, 0.3) is 0 Å². The molecule has 1 atom stereocenters. The average Bonchev–Trinajstić information content (AvgIpc) is 2.75. The number of carbonyl (C=O) groups is 3. The van der Waals surface area contributed by atoms with Crippen LogP contribution >= 0.6 is 0 Å². The van der Waals surface area contributed by atoms with Crippen LogP contribution in [0.2, 0.25) is 0 Å². The van der Waals surface area contributed by atoms with Crippen molar-refractivity contribution in [3.63, 3.8) is 0 Å². The first-order valence-electron chi connectivity index (χ1n) is 12.6. The predicted molar refractivity (Wildman–Crippen MR) is 129 cm³/mol. The number of benzene rings is 1. The van der Waals surface area contributed by atoms with Gasteiger partial charge in [-0.05, 0) is 60.6 Å². The van der Waals surface area contributed by atoms with Crippen molar-refractivity contribution in [3.05, 3.63) is 23.8 Å². The molecule has 0 radical (unpaired) electrons. The maximum Gasteiger partial charge on any atom is 0.320 e. The third-order valence-electron chi connectivity index (χ3n) is 7.49. The number of esters is 2. The fraction of sp³-hybridized carbons (Fsp3) is 0.667. The summed E-state index contributed by atoms with van der Waals surface area (Å²) in [7, 11) is 0. The molecule has 1 aromatic carbocycles. The zero-order chi connectivity index (χ0) is 24.8. The number of nitrogens with two attached hydrogens (primary N) is 1. The molecule has 2 fully saturated rings. The Kier molecular flexibility index (Phi) is 8.74. The Hall–Kier alpha value is -2.41. The monoisotopic (exact) mass is 473 g/mol. The molecule has 7 heteroatoms. The maximum absolute atomic E-state index is 12.9. The van der Waals surface area contributed by atoms with E-state index < -0.39 is 12.0 Å². The smallest absolute Gasteiger partial charge is 0.320 e. The van der Waals surface area contributed by atoms with E-state index in [0.717, 1.165) is 51.4 Å². The van der Waals surface area contributed by atoms with Gasteiger partial charge in [-0.2, -0.15) is 0 Å². The third-order valence-corrected chi connectivity index (χ3v) is 7.49. The highest BCUT2D eigenvalue weighted by atomic mass is 16.6. The van der Waals surface area contributed by atoms with E-state index >= 15 is 0 Å². The quantitative estimate of drug-likeness (QED) is 0.375. The summed E-state index contributed by atoms with van der Waals surface area (Å²) in [6.45, 7) is 4.23. The summed E-state index contributed by atoms with van der Waals surface area (Å²) in [6, 6.07) is 3.71. The predicted octanol–water partition coefficient (Wildman–Crippen LogP) is 5.17. The van der Waals surface area contributed by atoms with E-state index in [2.05, 4.69) is 13.8 Å². The van der Waals surface area contributed by atoms with Gasteiger partial charge in [0.1, 0.15) is 6.04 Å². The molecule has 3 rings (SSSR count). The number of hydrogen-bond acceptors (Lipinski definition) is 6. The summed E-state index contributed by atoms with van der Waals surface area (Å²) in [5.41, 5.74) is 6.12. The summed E-state index contributed by atoms with van der Waals surface area (Å²) in [4.78, 5) is 36.8. The Morgan fingerprint density at radius 1 is 0.853 bits per heavy atom. The van der Waals surface area contributed by atoms with E-state index in [1.165, 1.54) is 12.8 Å². The molecule has 0 spiro atoms. The van der Waals surface area contributed by atoms with Gasteiger partial charge >= 0.3 is 17.9 Å². The molecule has 2 saturated carbocycles. The Morgan fingerprint density at radius 2 is 1.32 bits per heavy atom. The lowest BCUT2D eigenvalue weighted by Crippen LogP contribution is -2.32. The van der Waals surface area contributed by atoms with Crippen LogP contribution in [0.3, 0.4) is 0 Å². The largest absolute Gasteiger partial charge is 0.480 e. The van der Waals surface area contributed by atoms with Crippen LogP contribution in [-0.4, -0.2) is 29.1 Å². The zero-order valence-electron chi connectivity index (χ0n) is 20.6. The van der Waals surface area contributed by atoms with Crippen molar-refractivity contribution in [1.29, 1.82) is 0 Å². The first kappa shape index (κ1) is 26.2. The van der Waals surface area contributed by atoms with Crippen molar-refractivity contribution in [3.8, 4) is 11.5 Å². The van der Waals surface area contributed by atoms with Crippen molar-refractivity contribution in [2.24, 2.45) is 16.6 Å². The fourth-order valence-corrected chi connectivity index (χ4v) is 5.36. The minimum atomic E-state index is -1.11. The molecule has 2 aliphatic rings. The number of carboxylic acid groups (broad SMARTS) is 1. The van der Waals surface area contributed by atoms with Crippen molar-refractivity contribution in [1.82, 2.24) is 0 Å². The number of carboxylic acids is 1. The van der Waals surface area contributed by atoms with Gasteiger partial charge in [-0.15, -0.1) is 0 Å². The molecule has 2 aliphatic carbocycles. The van der Waals surface area contributed by atoms with Gasteiger partial charge in [0.2, 0.25) is 0 Å². The molecule has 0 aromatic heterocycles. The number of carbonyl (C=O) groups excluding carboxylic acids is 2. The van der Waals surface area contributed by atoms with Crippen LogP contribution in [0.15, 0.2) is 18.2 Å². The Bertz CT molecular complexity index is 883. The van der Waals surface area contributed by atoms with E-state index in [0.29, 0.717) is 12.0 Å². The second-order valence-electron chi connectivity index (χ2n) is 11.0. The molecule has 0 heterocycles. The first-order valence-corrected chi connectivity index (χ1v) is 12.6. The lowest BCUT2D eigenvalue weighted by atomic mass is 9.73. The summed E-state index contributed by atoms with van der Waals surface area (Å²) in [5, 5.41) is 9.14. The van der Waals surface area contributed by atoms with E-state index in [-0.39, 0.29) is 47.1 Å². The van der Waals surface area contributed by atoms with Gasteiger partial charge in [0, 0.05) is 0 Å². The van der Waals surface area contributed by atoms with Crippen LogP contribution in [0.1, 0.15) is 96.5 Å². The molecule has 188 valence electrons. The Morgan fingerprint density at radius 3 is 1.79 bits per heavy atom. The molecular formula is C27H39NO6. The lowest BCUT2D eigenvalue weighted by Gasteiger charge is -2.33. The summed E-state index contributed by atoms with van der Waals surface area (Å²) < 4.78 is 11.4. The SMILES string of the molecule is CC1(CC(=O)Oc2ccc(CC(N)C(=O)O)cc2OC(=O)CC2(C)CCCCC2)CCCCC1. The average molecular weight is 474 g/mol. The number of rotatable bonds is 9.